The minimum Gasteiger partial charge on any atom is -0.493 e. The molecule has 1 heterocycles. The van der Waals surface area contributed by atoms with Crippen molar-refractivity contribution in [1.29, 1.82) is 0 Å². The van der Waals surface area contributed by atoms with Gasteiger partial charge in [-0.25, -0.2) is 4.79 Å². The van der Waals surface area contributed by atoms with E-state index in [0.29, 0.717) is 16.9 Å². The minimum absolute atomic E-state index is 0.271. The maximum atomic E-state index is 11.4. The van der Waals surface area contributed by atoms with Crippen molar-refractivity contribution in [2.75, 3.05) is 32.2 Å². The summed E-state index contributed by atoms with van der Waals surface area (Å²) >= 11 is 0. The Morgan fingerprint density at radius 2 is 1.79 bits per heavy atom. The number of carboxylic acids is 1. The van der Waals surface area contributed by atoms with Gasteiger partial charge in [0, 0.05) is 30.6 Å². The summed E-state index contributed by atoms with van der Waals surface area (Å²) in [5.41, 5.74) is 1.47. The number of nitrogens with zero attached hydrogens (tertiary/aromatic N) is 1. The number of ether oxygens (including phenoxy) is 2. The van der Waals surface area contributed by atoms with Gasteiger partial charge >= 0.3 is 5.97 Å². The first-order valence-corrected chi connectivity index (χ1v) is 6.33. The number of carboxylic acid groups (broad SMARTS) is 1. The van der Waals surface area contributed by atoms with Crippen molar-refractivity contribution in [3.05, 3.63) is 17.7 Å². The van der Waals surface area contributed by atoms with E-state index in [-0.39, 0.29) is 5.56 Å². The van der Waals surface area contributed by atoms with Crippen LogP contribution in [0.15, 0.2) is 12.1 Å². The Balaban J connectivity index is 1.98. The van der Waals surface area contributed by atoms with Crippen LogP contribution < -0.4 is 14.4 Å². The van der Waals surface area contributed by atoms with E-state index in [1.807, 2.05) is 0 Å². The molecule has 1 saturated heterocycles. The Morgan fingerprint density at radius 1 is 1.21 bits per heavy atom. The lowest BCUT2D eigenvalue weighted by molar-refractivity contribution is 0.0696. The van der Waals surface area contributed by atoms with Crippen LogP contribution in [0.1, 0.15) is 23.2 Å². The van der Waals surface area contributed by atoms with Gasteiger partial charge in [-0.2, -0.15) is 0 Å². The van der Waals surface area contributed by atoms with Crippen molar-refractivity contribution in [3.63, 3.8) is 0 Å². The second-order valence-electron chi connectivity index (χ2n) is 5.39. The molecule has 0 aromatic heterocycles. The highest BCUT2D eigenvalue weighted by atomic mass is 16.5. The fraction of sp³-hybridized carbons (Fsp3) is 0.500. The summed E-state index contributed by atoms with van der Waals surface area (Å²) < 4.78 is 10.4. The van der Waals surface area contributed by atoms with Gasteiger partial charge in [0.05, 0.1) is 25.5 Å². The van der Waals surface area contributed by atoms with Crippen LogP contribution in [-0.2, 0) is 0 Å². The largest absolute Gasteiger partial charge is 0.493 e. The van der Waals surface area contributed by atoms with Crippen LogP contribution in [0.4, 0.5) is 5.69 Å². The summed E-state index contributed by atoms with van der Waals surface area (Å²) in [7, 11) is 3.06. The van der Waals surface area contributed by atoms with E-state index in [4.69, 9.17) is 9.47 Å². The summed E-state index contributed by atoms with van der Waals surface area (Å²) in [6.45, 7) is 1.89. The van der Waals surface area contributed by atoms with Gasteiger partial charge in [0.15, 0.2) is 11.5 Å². The Hall–Kier alpha value is -1.91. The van der Waals surface area contributed by atoms with Gasteiger partial charge in [0.25, 0.3) is 0 Å². The summed E-state index contributed by atoms with van der Waals surface area (Å²) in [5, 5.41) is 9.34. The molecule has 1 N–H and O–H groups in total. The SMILES string of the molecule is COc1cc(C(=O)O)c(N2CC3(CC3)C2)cc1OC. The van der Waals surface area contributed by atoms with Crippen LogP contribution in [0.25, 0.3) is 0 Å². The van der Waals surface area contributed by atoms with Gasteiger partial charge < -0.3 is 19.5 Å². The molecule has 19 heavy (non-hydrogen) atoms. The van der Waals surface area contributed by atoms with Gasteiger partial charge in [-0.05, 0) is 12.8 Å². The average Bonchev–Trinajstić information content (AvgIpc) is 3.15. The summed E-state index contributed by atoms with van der Waals surface area (Å²) in [6.07, 6.45) is 2.53. The highest BCUT2D eigenvalue weighted by Crippen LogP contribution is 2.54. The molecule has 0 radical (unpaired) electrons. The van der Waals surface area contributed by atoms with E-state index in [0.717, 1.165) is 18.8 Å². The molecule has 102 valence electrons. The fourth-order valence-electron chi connectivity index (χ4n) is 2.73. The number of aromatic carboxylic acids is 1. The predicted octanol–water partition coefficient (Wildman–Crippen LogP) is 2.00. The van der Waals surface area contributed by atoms with Gasteiger partial charge in [0.1, 0.15) is 0 Å². The smallest absolute Gasteiger partial charge is 0.337 e. The molecule has 0 amide bonds. The van der Waals surface area contributed by atoms with E-state index < -0.39 is 5.97 Å². The van der Waals surface area contributed by atoms with Crippen molar-refractivity contribution < 1.29 is 19.4 Å². The Morgan fingerprint density at radius 3 is 2.26 bits per heavy atom. The van der Waals surface area contributed by atoms with Crippen LogP contribution in [0, 0.1) is 5.41 Å². The lowest BCUT2D eigenvalue weighted by Crippen LogP contribution is -2.49. The first-order chi connectivity index (χ1) is 9.08. The van der Waals surface area contributed by atoms with Gasteiger partial charge in [-0.15, -0.1) is 0 Å². The number of rotatable bonds is 4. The fourth-order valence-corrected chi connectivity index (χ4v) is 2.73. The van der Waals surface area contributed by atoms with Gasteiger partial charge in [-0.3, -0.25) is 0 Å². The lowest BCUT2D eigenvalue weighted by atomic mass is 9.94. The quantitative estimate of drug-likeness (QED) is 0.900. The normalized spacial score (nSPS) is 18.9. The molecular formula is C14H17NO4. The Bertz CT molecular complexity index is 528. The number of carbonyl (C=O) groups is 1. The summed E-state index contributed by atoms with van der Waals surface area (Å²) in [6, 6.07) is 3.30. The molecule has 3 rings (SSSR count). The van der Waals surface area contributed by atoms with Crippen molar-refractivity contribution in [3.8, 4) is 11.5 Å². The lowest BCUT2D eigenvalue weighted by Gasteiger charge is -2.42. The van der Waals surface area contributed by atoms with E-state index >= 15 is 0 Å². The maximum Gasteiger partial charge on any atom is 0.337 e. The summed E-state index contributed by atoms with van der Waals surface area (Å²) in [5.74, 6) is 0.0808. The Kier molecular flexibility index (Phi) is 2.59. The monoisotopic (exact) mass is 263 g/mol. The van der Waals surface area contributed by atoms with Crippen molar-refractivity contribution >= 4 is 11.7 Å². The maximum absolute atomic E-state index is 11.4. The number of benzene rings is 1. The second-order valence-corrected chi connectivity index (χ2v) is 5.39. The number of hydrogen-bond donors (Lipinski definition) is 1. The number of hydrogen-bond acceptors (Lipinski definition) is 4. The van der Waals surface area contributed by atoms with Crippen LogP contribution in [-0.4, -0.2) is 38.4 Å². The zero-order chi connectivity index (χ0) is 13.6. The molecule has 2 aliphatic rings. The number of methoxy groups -OCH3 is 2. The third-order valence-corrected chi connectivity index (χ3v) is 4.08. The standard InChI is InChI=1S/C14H17NO4/c1-18-11-5-9(13(16)17)10(6-12(11)19-2)15-7-14(8-15)3-4-14/h5-6H,3-4,7-8H2,1-2H3,(H,16,17). The third kappa shape index (κ3) is 1.89. The van der Waals surface area contributed by atoms with E-state index in [1.54, 1.807) is 13.2 Å². The third-order valence-electron chi connectivity index (χ3n) is 4.08. The molecule has 0 unspecified atom stereocenters. The summed E-state index contributed by atoms with van der Waals surface area (Å²) in [4.78, 5) is 13.5. The molecule has 1 aliphatic carbocycles. The van der Waals surface area contributed by atoms with Crippen LogP contribution >= 0.6 is 0 Å². The number of anilines is 1. The molecule has 1 aromatic carbocycles. The zero-order valence-corrected chi connectivity index (χ0v) is 11.1. The zero-order valence-electron chi connectivity index (χ0n) is 11.1. The van der Waals surface area contributed by atoms with Crippen LogP contribution in [0.2, 0.25) is 0 Å². The molecule has 5 heteroatoms. The average molecular weight is 263 g/mol. The molecule has 0 atom stereocenters. The first-order valence-electron chi connectivity index (χ1n) is 6.33. The van der Waals surface area contributed by atoms with Crippen molar-refractivity contribution in [2.45, 2.75) is 12.8 Å². The van der Waals surface area contributed by atoms with Crippen LogP contribution in [0.3, 0.4) is 0 Å². The molecule has 1 saturated carbocycles. The molecule has 0 bridgehead atoms. The van der Waals surface area contributed by atoms with E-state index in [2.05, 4.69) is 4.90 Å². The first kappa shape index (κ1) is 12.1. The topological polar surface area (TPSA) is 59.0 Å². The molecule has 2 fully saturated rings. The molecule has 1 aliphatic heterocycles. The second kappa shape index (κ2) is 4.05. The van der Waals surface area contributed by atoms with Crippen molar-refractivity contribution in [2.24, 2.45) is 5.41 Å². The van der Waals surface area contributed by atoms with Crippen molar-refractivity contribution in [1.82, 2.24) is 0 Å². The predicted molar refractivity (Wildman–Crippen MR) is 70.4 cm³/mol. The van der Waals surface area contributed by atoms with Gasteiger partial charge in [0.2, 0.25) is 0 Å². The molecular weight excluding hydrogens is 246 g/mol. The van der Waals surface area contributed by atoms with E-state index in [9.17, 15) is 9.90 Å². The molecule has 1 aromatic rings. The molecule has 5 nitrogen and oxygen atoms in total. The highest BCUT2D eigenvalue weighted by molar-refractivity contribution is 5.96. The minimum atomic E-state index is -0.937. The van der Waals surface area contributed by atoms with Crippen LogP contribution in [0.5, 0.6) is 11.5 Å². The molecule has 1 spiro atoms. The Labute approximate surface area is 111 Å². The van der Waals surface area contributed by atoms with E-state index in [1.165, 1.54) is 26.0 Å². The highest BCUT2D eigenvalue weighted by Gasteiger charge is 2.52. The van der Waals surface area contributed by atoms with Gasteiger partial charge in [-0.1, -0.05) is 0 Å².